The summed E-state index contributed by atoms with van der Waals surface area (Å²) in [5, 5.41) is 3.42. The van der Waals surface area contributed by atoms with Gasteiger partial charge in [-0.2, -0.15) is 0 Å². The molecule has 86 valence electrons. The summed E-state index contributed by atoms with van der Waals surface area (Å²) >= 11 is 0. The number of hydrogen-bond donors (Lipinski definition) is 1. The molecule has 3 unspecified atom stereocenters. The van der Waals surface area contributed by atoms with Gasteiger partial charge in [0.05, 0.1) is 0 Å². The Kier molecular flexibility index (Phi) is 8.20. The zero-order valence-electron chi connectivity index (χ0n) is 10.5. The summed E-state index contributed by atoms with van der Waals surface area (Å²) in [5.41, 5.74) is 0. The molecule has 0 aromatic heterocycles. The minimum atomic E-state index is 0.639. The van der Waals surface area contributed by atoms with Crippen LogP contribution in [0.4, 0.5) is 0 Å². The molecule has 2 heteroatoms. The van der Waals surface area contributed by atoms with E-state index in [2.05, 4.69) is 33.1 Å². The molecule has 0 spiro atoms. The van der Waals surface area contributed by atoms with Gasteiger partial charge in [-0.25, -0.2) is 0 Å². The van der Waals surface area contributed by atoms with Crippen LogP contribution in [-0.4, -0.2) is 26.8 Å². The van der Waals surface area contributed by atoms with Gasteiger partial charge in [0.15, 0.2) is 0 Å². The zero-order chi connectivity index (χ0) is 11.0. The fourth-order valence-electron chi connectivity index (χ4n) is 1.74. The van der Waals surface area contributed by atoms with E-state index in [1.807, 2.05) is 0 Å². The summed E-state index contributed by atoms with van der Waals surface area (Å²) in [7, 11) is 3.84. The van der Waals surface area contributed by atoms with E-state index in [0.717, 1.165) is 18.9 Å². The van der Waals surface area contributed by atoms with Gasteiger partial charge in [-0.15, -0.1) is 0 Å². The highest BCUT2D eigenvalue weighted by Gasteiger charge is 2.17. The molecule has 0 saturated heterocycles. The normalized spacial score (nSPS) is 17.8. The second-order valence-corrected chi connectivity index (χ2v) is 4.40. The number of hydrogen-bond acceptors (Lipinski definition) is 2. The number of nitrogens with one attached hydrogen (secondary N) is 1. The highest BCUT2D eigenvalue weighted by Crippen LogP contribution is 2.17. The van der Waals surface area contributed by atoms with Crippen LogP contribution in [0.1, 0.15) is 40.0 Å². The van der Waals surface area contributed by atoms with Gasteiger partial charge in [0.25, 0.3) is 0 Å². The second-order valence-electron chi connectivity index (χ2n) is 4.40. The Morgan fingerprint density at radius 2 is 1.93 bits per heavy atom. The Labute approximate surface area is 89.4 Å². The summed E-state index contributed by atoms with van der Waals surface area (Å²) in [6, 6.07) is 0.639. The van der Waals surface area contributed by atoms with Crippen molar-refractivity contribution in [1.29, 1.82) is 0 Å². The lowest BCUT2D eigenvalue weighted by Gasteiger charge is -2.25. The molecule has 0 aliphatic heterocycles. The first-order valence-corrected chi connectivity index (χ1v) is 5.81. The number of ether oxygens (including phenoxy) is 1. The summed E-state index contributed by atoms with van der Waals surface area (Å²) < 4.78 is 5.11. The van der Waals surface area contributed by atoms with E-state index in [0.29, 0.717) is 12.0 Å². The molecular weight excluding hydrogens is 174 g/mol. The Morgan fingerprint density at radius 1 is 1.29 bits per heavy atom. The molecule has 0 aliphatic rings. The predicted molar refractivity (Wildman–Crippen MR) is 62.6 cm³/mol. The van der Waals surface area contributed by atoms with Crippen LogP contribution in [-0.2, 0) is 4.74 Å². The first-order chi connectivity index (χ1) is 6.65. The smallest absolute Gasteiger partial charge is 0.0465 e. The molecule has 0 aromatic rings. The molecule has 3 atom stereocenters. The van der Waals surface area contributed by atoms with Gasteiger partial charge in [0.1, 0.15) is 0 Å². The van der Waals surface area contributed by atoms with Crippen molar-refractivity contribution >= 4 is 0 Å². The molecule has 0 aromatic carbocycles. The first-order valence-electron chi connectivity index (χ1n) is 5.81. The minimum Gasteiger partial charge on any atom is -0.385 e. The summed E-state index contributed by atoms with van der Waals surface area (Å²) in [6.07, 6.45) is 3.70. The molecule has 1 N–H and O–H groups in total. The average Bonchev–Trinajstić information content (AvgIpc) is 2.21. The Hall–Kier alpha value is -0.0800. The standard InChI is InChI=1S/C12H27NO/c1-6-10(2)9-12(13-4)11(3)7-8-14-5/h10-13H,6-9H2,1-5H3. The fourth-order valence-corrected chi connectivity index (χ4v) is 1.74. The van der Waals surface area contributed by atoms with Crippen LogP contribution in [0.2, 0.25) is 0 Å². The van der Waals surface area contributed by atoms with E-state index >= 15 is 0 Å². The van der Waals surface area contributed by atoms with Crippen molar-refractivity contribution in [3.05, 3.63) is 0 Å². The van der Waals surface area contributed by atoms with Crippen molar-refractivity contribution in [3.8, 4) is 0 Å². The maximum atomic E-state index is 5.11. The molecule has 0 fully saturated rings. The molecule has 0 bridgehead atoms. The van der Waals surface area contributed by atoms with Crippen LogP contribution in [0.15, 0.2) is 0 Å². The minimum absolute atomic E-state index is 0.639. The number of rotatable bonds is 8. The molecule has 2 nitrogen and oxygen atoms in total. The van der Waals surface area contributed by atoms with E-state index in [9.17, 15) is 0 Å². The zero-order valence-corrected chi connectivity index (χ0v) is 10.5. The van der Waals surface area contributed by atoms with Gasteiger partial charge in [-0.3, -0.25) is 0 Å². The second kappa shape index (κ2) is 8.25. The van der Waals surface area contributed by atoms with Crippen LogP contribution in [0, 0.1) is 11.8 Å². The van der Waals surface area contributed by atoms with Crippen molar-refractivity contribution in [1.82, 2.24) is 5.32 Å². The molecule has 14 heavy (non-hydrogen) atoms. The monoisotopic (exact) mass is 201 g/mol. The topological polar surface area (TPSA) is 21.3 Å². The van der Waals surface area contributed by atoms with Gasteiger partial charge in [0.2, 0.25) is 0 Å². The highest BCUT2D eigenvalue weighted by atomic mass is 16.5. The summed E-state index contributed by atoms with van der Waals surface area (Å²) in [4.78, 5) is 0. The molecule has 0 saturated carbocycles. The largest absolute Gasteiger partial charge is 0.385 e. The van der Waals surface area contributed by atoms with E-state index < -0.39 is 0 Å². The first kappa shape index (κ1) is 13.9. The van der Waals surface area contributed by atoms with Crippen LogP contribution < -0.4 is 5.32 Å². The van der Waals surface area contributed by atoms with E-state index in [1.54, 1.807) is 7.11 Å². The predicted octanol–water partition coefficient (Wildman–Crippen LogP) is 2.68. The Morgan fingerprint density at radius 3 is 2.36 bits per heavy atom. The van der Waals surface area contributed by atoms with E-state index in [-0.39, 0.29) is 0 Å². The van der Waals surface area contributed by atoms with Crippen molar-refractivity contribution in [3.63, 3.8) is 0 Å². The molecule has 0 heterocycles. The van der Waals surface area contributed by atoms with Crippen LogP contribution in [0.5, 0.6) is 0 Å². The SMILES string of the molecule is CCC(C)CC(NC)C(C)CCOC. The van der Waals surface area contributed by atoms with Gasteiger partial charge in [-0.1, -0.05) is 27.2 Å². The third-order valence-corrected chi connectivity index (χ3v) is 3.19. The fraction of sp³-hybridized carbons (Fsp3) is 1.00. The highest BCUT2D eigenvalue weighted by molar-refractivity contribution is 4.73. The van der Waals surface area contributed by atoms with Crippen LogP contribution in [0.3, 0.4) is 0 Å². The van der Waals surface area contributed by atoms with Gasteiger partial charge < -0.3 is 10.1 Å². The van der Waals surface area contributed by atoms with Crippen molar-refractivity contribution in [2.75, 3.05) is 20.8 Å². The van der Waals surface area contributed by atoms with Crippen molar-refractivity contribution < 1.29 is 4.74 Å². The quantitative estimate of drug-likeness (QED) is 0.652. The van der Waals surface area contributed by atoms with E-state index in [1.165, 1.54) is 12.8 Å². The van der Waals surface area contributed by atoms with E-state index in [4.69, 9.17) is 4.74 Å². The molecular formula is C12H27NO. The van der Waals surface area contributed by atoms with Crippen molar-refractivity contribution in [2.24, 2.45) is 11.8 Å². The molecule has 0 radical (unpaired) electrons. The number of methoxy groups -OCH3 is 1. The lowest BCUT2D eigenvalue weighted by Crippen LogP contribution is -2.34. The molecule has 0 aliphatic carbocycles. The molecule has 0 rings (SSSR count). The van der Waals surface area contributed by atoms with Crippen molar-refractivity contribution in [2.45, 2.75) is 46.1 Å². The summed E-state index contributed by atoms with van der Waals surface area (Å²) in [5.74, 6) is 1.52. The maximum Gasteiger partial charge on any atom is 0.0465 e. The summed E-state index contributed by atoms with van der Waals surface area (Å²) in [6.45, 7) is 7.77. The Balaban J connectivity index is 3.85. The molecule has 0 amide bonds. The van der Waals surface area contributed by atoms with Gasteiger partial charge >= 0.3 is 0 Å². The van der Waals surface area contributed by atoms with Crippen LogP contribution >= 0.6 is 0 Å². The van der Waals surface area contributed by atoms with Crippen LogP contribution in [0.25, 0.3) is 0 Å². The van der Waals surface area contributed by atoms with Gasteiger partial charge in [0, 0.05) is 19.8 Å². The maximum absolute atomic E-state index is 5.11. The van der Waals surface area contributed by atoms with Gasteiger partial charge in [-0.05, 0) is 31.7 Å². The third kappa shape index (κ3) is 5.61. The lowest BCUT2D eigenvalue weighted by atomic mass is 9.89. The average molecular weight is 201 g/mol. The Bertz CT molecular complexity index is 127. The third-order valence-electron chi connectivity index (χ3n) is 3.19. The lowest BCUT2D eigenvalue weighted by molar-refractivity contribution is 0.167.